The normalized spacial score (nSPS) is 19.9. The lowest BCUT2D eigenvalue weighted by Gasteiger charge is -2.35. The maximum absolute atomic E-state index is 12.4. The molecule has 5 nitrogen and oxygen atoms in total. The summed E-state index contributed by atoms with van der Waals surface area (Å²) in [5, 5.41) is 9.41. The molecule has 1 aliphatic heterocycles. The summed E-state index contributed by atoms with van der Waals surface area (Å²) in [7, 11) is 0. The van der Waals surface area contributed by atoms with Crippen LogP contribution in [-0.2, 0) is 14.3 Å². The van der Waals surface area contributed by atoms with Crippen molar-refractivity contribution in [1.29, 1.82) is 0 Å². The molecule has 1 unspecified atom stereocenters. The van der Waals surface area contributed by atoms with E-state index >= 15 is 0 Å². The van der Waals surface area contributed by atoms with Crippen LogP contribution in [0.15, 0.2) is 0 Å². The van der Waals surface area contributed by atoms with Gasteiger partial charge in [0.1, 0.15) is 0 Å². The number of nitrogens with zero attached hydrogens (tertiary/aromatic N) is 1. The number of hydrogen-bond acceptors (Lipinski definition) is 3. The van der Waals surface area contributed by atoms with Gasteiger partial charge in [0.2, 0.25) is 5.91 Å². The smallest absolute Gasteiger partial charge is 0.310 e. The molecule has 0 radical (unpaired) electrons. The number of rotatable bonds is 7. The van der Waals surface area contributed by atoms with Gasteiger partial charge < -0.3 is 14.7 Å². The Bertz CT molecular complexity index is 337. The van der Waals surface area contributed by atoms with Crippen LogP contribution in [0, 0.1) is 5.41 Å². The SMILES string of the molecule is CCOC1CCCN(C(=O)CC(CC)(CC)C(=O)O)C1. The summed E-state index contributed by atoms with van der Waals surface area (Å²) in [6.07, 6.45) is 3.05. The molecule has 5 heteroatoms. The summed E-state index contributed by atoms with van der Waals surface area (Å²) in [5.41, 5.74) is -0.921. The molecule has 0 saturated carbocycles. The van der Waals surface area contributed by atoms with Crippen LogP contribution >= 0.6 is 0 Å². The van der Waals surface area contributed by atoms with Gasteiger partial charge in [0.25, 0.3) is 0 Å². The lowest BCUT2D eigenvalue weighted by atomic mass is 9.78. The molecule has 1 aliphatic rings. The molecular weight excluding hydrogens is 258 g/mol. The van der Waals surface area contributed by atoms with Crippen molar-refractivity contribution in [2.45, 2.75) is 59.0 Å². The van der Waals surface area contributed by atoms with E-state index < -0.39 is 11.4 Å². The summed E-state index contributed by atoms with van der Waals surface area (Å²) >= 11 is 0. The van der Waals surface area contributed by atoms with Crippen LogP contribution in [0.25, 0.3) is 0 Å². The van der Waals surface area contributed by atoms with Gasteiger partial charge in [0.05, 0.1) is 11.5 Å². The zero-order chi connectivity index (χ0) is 15.2. The Morgan fingerprint density at radius 1 is 1.30 bits per heavy atom. The molecule has 1 amide bonds. The maximum atomic E-state index is 12.4. The molecule has 1 atom stereocenters. The highest BCUT2D eigenvalue weighted by Gasteiger charge is 2.39. The zero-order valence-corrected chi connectivity index (χ0v) is 12.9. The lowest BCUT2D eigenvalue weighted by Crippen LogP contribution is -2.46. The molecule has 1 fully saturated rings. The highest BCUT2D eigenvalue weighted by atomic mass is 16.5. The van der Waals surface area contributed by atoms with Crippen molar-refractivity contribution in [1.82, 2.24) is 4.90 Å². The van der Waals surface area contributed by atoms with Crippen molar-refractivity contribution >= 4 is 11.9 Å². The Hall–Kier alpha value is -1.10. The van der Waals surface area contributed by atoms with Crippen LogP contribution in [0.1, 0.15) is 52.9 Å². The Morgan fingerprint density at radius 3 is 2.45 bits per heavy atom. The molecule has 20 heavy (non-hydrogen) atoms. The van der Waals surface area contributed by atoms with Gasteiger partial charge in [0, 0.05) is 26.1 Å². The number of carbonyl (C=O) groups is 2. The van der Waals surface area contributed by atoms with Gasteiger partial charge in [-0.05, 0) is 32.6 Å². The van der Waals surface area contributed by atoms with Crippen LogP contribution in [0.3, 0.4) is 0 Å². The fourth-order valence-electron chi connectivity index (χ4n) is 2.82. The first-order valence-corrected chi connectivity index (χ1v) is 7.61. The summed E-state index contributed by atoms with van der Waals surface area (Å²) in [5.74, 6) is -0.922. The number of likely N-dealkylation sites (tertiary alicyclic amines) is 1. The van der Waals surface area contributed by atoms with Gasteiger partial charge in [-0.3, -0.25) is 9.59 Å². The molecule has 1 N–H and O–H groups in total. The largest absolute Gasteiger partial charge is 0.481 e. The van der Waals surface area contributed by atoms with Crippen molar-refractivity contribution in [2.24, 2.45) is 5.41 Å². The van der Waals surface area contributed by atoms with Crippen LogP contribution in [0.5, 0.6) is 0 Å². The monoisotopic (exact) mass is 285 g/mol. The van der Waals surface area contributed by atoms with E-state index in [1.165, 1.54) is 0 Å². The summed E-state index contributed by atoms with van der Waals surface area (Å²) in [4.78, 5) is 25.6. The Balaban J connectivity index is 2.67. The van der Waals surface area contributed by atoms with E-state index in [2.05, 4.69) is 0 Å². The van der Waals surface area contributed by atoms with Crippen LogP contribution in [-0.4, -0.2) is 47.7 Å². The third-order valence-corrected chi connectivity index (χ3v) is 4.43. The average Bonchev–Trinajstić information content (AvgIpc) is 2.45. The van der Waals surface area contributed by atoms with Crippen LogP contribution in [0.2, 0.25) is 0 Å². The fourth-order valence-corrected chi connectivity index (χ4v) is 2.82. The Morgan fingerprint density at radius 2 is 1.95 bits per heavy atom. The van der Waals surface area contributed by atoms with Crippen molar-refractivity contribution < 1.29 is 19.4 Å². The number of amides is 1. The number of ether oxygens (including phenoxy) is 1. The number of hydrogen-bond donors (Lipinski definition) is 1. The average molecular weight is 285 g/mol. The first-order chi connectivity index (χ1) is 9.49. The molecule has 0 aromatic heterocycles. The van der Waals surface area contributed by atoms with Gasteiger partial charge in [0.15, 0.2) is 0 Å². The van der Waals surface area contributed by atoms with Crippen molar-refractivity contribution in [3.05, 3.63) is 0 Å². The third-order valence-electron chi connectivity index (χ3n) is 4.43. The number of carboxylic acids is 1. The third kappa shape index (κ3) is 3.95. The molecule has 0 spiro atoms. The first kappa shape index (κ1) is 17.0. The fraction of sp³-hybridized carbons (Fsp3) is 0.867. The van der Waals surface area contributed by atoms with E-state index in [1.54, 1.807) is 4.90 Å². The zero-order valence-electron chi connectivity index (χ0n) is 12.9. The summed E-state index contributed by atoms with van der Waals surface area (Å²) in [6.45, 7) is 7.58. The second-order valence-corrected chi connectivity index (χ2v) is 5.53. The Kier molecular flexibility index (Phi) is 6.46. The van der Waals surface area contributed by atoms with E-state index in [4.69, 9.17) is 4.74 Å². The maximum Gasteiger partial charge on any atom is 0.310 e. The van der Waals surface area contributed by atoms with Gasteiger partial charge in [-0.15, -0.1) is 0 Å². The van der Waals surface area contributed by atoms with E-state index in [0.29, 0.717) is 32.5 Å². The van der Waals surface area contributed by atoms with E-state index in [0.717, 1.165) is 12.8 Å². The number of piperidine rings is 1. The molecule has 0 aromatic carbocycles. The predicted octanol–water partition coefficient (Wildman–Crippen LogP) is 2.29. The highest BCUT2D eigenvalue weighted by Crippen LogP contribution is 2.32. The predicted molar refractivity (Wildman–Crippen MR) is 76.5 cm³/mol. The molecular formula is C15H27NO4. The molecule has 1 heterocycles. The number of carboxylic acid groups (broad SMARTS) is 1. The molecule has 0 bridgehead atoms. The van der Waals surface area contributed by atoms with Crippen molar-refractivity contribution in [3.8, 4) is 0 Å². The molecule has 1 saturated heterocycles. The van der Waals surface area contributed by atoms with Crippen LogP contribution < -0.4 is 0 Å². The minimum atomic E-state index is -0.921. The van der Waals surface area contributed by atoms with Crippen molar-refractivity contribution in [3.63, 3.8) is 0 Å². The van der Waals surface area contributed by atoms with E-state index in [-0.39, 0.29) is 18.4 Å². The van der Waals surface area contributed by atoms with Crippen molar-refractivity contribution in [2.75, 3.05) is 19.7 Å². The standard InChI is InChI=1S/C15H27NO4/c1-4-15(5-2,14(18)19)10-13(17)16-9-7-8-12(11-16)20-6-3/h12H,4-11H2,1-3H3,(H,18,19). The number of aliphatic carboxylic acids is 1. The second-order valence-electron chi connectivity index (χ2n) is 5.53. The van der Waals surface area contributed by atoms with Gasteiger partial charge in [-0.1, -0.05) is 13.8 Å². The number of carbonyl (C=O) groups excluding carboxylic acids is 1. The van der Waals surface area contributed by atoms with E-state index in [1.807, 2.05) is 20.8 Å². The van der Waals surface area contributed by atoms with Gasteiger partial charge in [-0.2, -0.15) is 0 Å². The minimum absolute atomic E-state index is 0.0551. The lowest BCUT2D eigenvalue weighted by molar-refractivity contribution is -0.155. The second kappa shape index (κ2) is 7.62. The van der Waals surface area contributed by atoms with Gasteiger partial charge in [-0.25, -0.2) is 0 Å². The molecule has 0 aliphatic carbocycles. The molecule has 0 aromatic rings. The topological polar surface area (TPSA) is 66.8 Å². The minimum Gasteiger partial charge on any atom is -0.481 e. The summed E-state index contributed by atoms with van der Waals surface area (Å²) in [6, 6.07) is 0. The van der Waals surface area contributed by atoms with E-state index in [9.17, 15) is 14.7 Å². The Labute approximate surface area is 121 Å². The molecule has 116 valence electrons. The quantitative estimate of drug-likeness (QED) is 0.779. The molecule has 1 rings (SSSR count). The van der Waals surface area contributed by atoms with Crippen LogP contribution in [0.4, 0.5) is 0 Å². The highest BCUT2D eigenvalue weighted by molar-refractivity contribution is 5.85. The summed E-state index contributed by atoms with van der Waals surface area (Å²) < 4.78 is 5.58. The van der Waals surface area contributed by atoms with Gasteiger partial charge >= 0.3 is 5.97 Å². The first-order valence-electron chi connectivity index (χ1n) is 7.61.